The number of ketones is 1. The van der Waals surface area contributed by atoms with Gasteiger partial charge >= 0.3 is 0 Å². The first-order chi connectivity index (χ1) is 18.3. The number of hydrogen-bond acceptors (Lipinski definition) is 8. The minimum Gasteiger partial charge on any atom is -0.358 e. The molecule has 2 fully saturated rings. The van der Waals surface area contributed by atoms with Crippen molar-refractivity contribution < 1.29 is 24.2 Å². The van der Waals surface area contributed by atoms with Crippen LogP contribution in [-0.4, -0.2) is 38.4 Å². The summed E-state index contributed by atoms with van der Waals surface area (Å²) in [6.45, 7) is 0. The van der Waals surface area contributed by atoms with Gasteiger partial charge in [-0.1, -0.05) is 36.4 Å². The zero-order chi connectivity index (χ0) is 26.7. The highest BCUT2D eigenvalue weighted by Crippen LogP contribution is 2.53. The Morgan fingerprint density at radius 2 is 1.47 bits per heavy atom. The van der Waals surface area contributed by atoms with Gasteiger partial charge in [-0.15, -0.1) is 0 Å². The first-order valence-electron chi connectivity index (χ1n) is 11.7. The molecule has 0 aromatic heterocycles. The van der Waals surface area contributed by atoms with Crippen molar-refractivity contribution in [1.29, 1.82) is 0 Å². The maximum absolute atomic E-state index is 13.9. The van der Waals surface area contributed by atoms with Crippen LogP contribution in [0.4, 0.5) is 17.1 Å². The number of nitro groups is 2. The van der Waals surface area contributed by atoms with Gasteiger partial charge in [-0.05, 0) is 29.3 Å². The summed E-state index contributed by atoms with van der Waals surface area (Å²) in [7, 11) is 0. The molecule has 6 rings (SSSR count). The molecule has 3 aromatic carbocycles. The van der Waals surface area contributed by atoms with Crippen LogP contribution >= 0.6 is 0 Å². The van der Waals surface area contributed by atoms with E-state index in [2.05, 4.69) is 0 Å². The Bertz CT molecular complexity index is 1580. The van der Waals surface area contributed by atoms with Crippen LogP contribution in [-0.2, 0) is 9.59 Å². The second kappa shape index (κ2) is 8.44. The van der Waals surface area contributed by atoms with Gasteiger partial charge in [0.2, 0.25) is 11.8 Å². The van der Waals surface area contributed by atoms with E-state index in [1.807, 2.05) is 30.3 Å². The summed E-state index contributed by atoms with van der Waals surface area (Å²) in [5, 5.41) is 22.4. The highest BCUT2D eigenvalue weighted by Gasteiger charge is 2.64. The predicted molar refractivity (Wildman–Crippen MR) is 134 cm³/mol. The van der Waals surface area contributed by atoms with E-state index in [9.17, 15) is 34.6 Å². The fourth-order valence-electron chi connectivity index (χ4n) is 5.78. The van der Waals surface area contributed by atoms with Crippen LogP contribution in [0.15, 0.2) is 79.0 Å². The number of non-ortho nitro benzene ring substituents is 2. The summed E-state index contributed by atoms with van der Waals surface area (Å²) in [5.74, 6) is -3.59. The van der Waals surface area contributed by atoms with Gasteiger partial charge in [0.1, 0.15) is 6.04 Å². The van der Waals surface area contributed by atoms with Crippen molar-refractivity contribution >= 4 is 40.7 Å². The number of hydrogen-bond donors (Lipinski definition) is 0. The first-order valence-corrected chi connectivity index (χ1v) is 11.7. The molecular weight excluding hydrogens is 492 g/mol. The largest absolute Gasteiger partial charge is 0.358 e. The van der Waals surface area contributed by atoms with Gasteiger partial charge in [0.15, 0.2) is 5.78 Å². The van der Waals surface area contributed by atoms with Gasteiger partial charge in [-0.2, -0.15) is 0 Å². The molecule has 4 unspecified atom stereocenters. The van der Waals surface area contributed by atoms with Crippen LogP contribution in [0.3, 0.4) is 0 Å². The molecule has 38 heavy (non-hydrogen) atoms. The monoisotopic (exact) mass is 510 g/mol. The lowest BCUT2D eigenvalue weighted by molar-refractivity contribution is -0.385. The number of nitrogens with zero attached hydrogens (tertiary/aromatic N) is 4. The molecule has 0 bridgehead atoms. The van der Waals surface area contributed by atoms with E-state index in [1.54, 1.807) is 11.1 Å². The number of amides is 2. The van der Waals surface area contributed by atoms with E-state index in [-0.39, 0.29) is 22.6 Å². The molecule has 2 saturated heterocycles. The fourth-order valence-corrected chi connectivity index (χ4v) is 5.78. The third kappa shape index (κ3) is 3.32. The van der Waals surface area contributed by atoms with Gasteiger partial charge in [0, 0.05) is 36.0 Å². The Morgan fingerprint density at radius 3 is 2.18 bits per heavy atom. The third-order valence-electron chi connectivity index (χ3n) is 7.39. The third-order valence-corrected chi connectivity index (χ3v) is 7.39. The van der Waals surface area contributed by atoms with Crippen LogP contribution in [0.5, 0.6) is 0 Å². The SMILES string of the molecule is O=C(c1cccc([N+](=O)[O-])c1)C1C2C(=O)N(c3ccc([N+](=O)[O-])cc3)C(=O)C2C2c3ccccc3C=CN12. The lowest BCUT2D eigenvalue weighted by Gasteiger charge is -2.35. The summed E-state index contributed by atoms with van der Waals surface area (Å²) < 4.78 is 0. The Balaban J connectivity index is 1.47. The number of benzene rings is 3. The van der Waals surface area contributed by atoms with Crippen LogP contribution in [0.2, 0.25) is 0 Å². The van der Waals surface area contributed by atoms with Crippen molar-refractivity contribution in [3.05, 3.63) is 116 Å². The molecule has 2 amide bonds. The van der Waals surface area contributed by atoms with Gasteiger partial charge < -0.3 is 4.90 Å². The maximum Gasteiger partial charge on any atom is 0.270 e. The summed E-state index contributed by atoms with van der Waals surface area (Å²) in [6, 6.07) is 16.1. The van der Waals surface area contributed by atoms with E-state index in [1.165, 1.54) is 48.5 Å². The van der Waals surface area contributed by atoms with Crippen LogP contribution in [0.25, 0.3) is 6.08 Å². The molecule has 3 aromatic rings. The van der Waals surface area contributed by atoms with Gasteiger partial charge in [-0.25, -0.2) is 4.90 Å². The van der Waals surface area contributed by atoms with E-state index in [0.29, 0.717) is 0 Å². The molecule has 0 spiro atoms. The van der Waals surface area contributed by atoms with Gasteiger partial charge in [0.05, 0.1) is 33.4 Å². The van der Waals surface area contributed by atoms with Gasteiger partial charge in [-0.3, -0.25) is 34.6 Å². The Labute approximate surface area is 214 Å². The summed E-state index contributed by atoms with van der Waals surface area (Å²) >= 11 is 0. The summed E-state index contributed by atoms with van der Waals surface area (Å²) in [4.78, 5) is 65.5. The molecule has 188 valence electrons. The predicted octanol–water partition coefficient (Wildman–Crippen LogP) is 3.90. The van der Waals surface area contributed by atoms with Crippen LogP contribution < -0.4 is 4.90 Å². The van der Waals surface area contributed by atoms with Crippen molar-refractivity contribution in [1.82, 2.24) is 4.90 Å². The van der Waals surface area contributed by atoms with Crippen molar-refractivity contribution in [3.63, 3.8) is 0 Å². The number of Topliss-reactive ketones (excluding diaryl/α,β-unsaturated/α-hetero) is 1. The standard InChI is InChI=1S/C27H18N4O7/c32-25(16-5-3-6-19(14-16)31(37)38)24-22-21(23-20-7-2-1-4-15(20)12-13-28(23)24)26(33)29(27(22)34)17-8-10-18(11-9-17)30(35)36/h1-14,21-24H. The first kappa shape index (κ1) is 23.2. The minimum absolute atomic E-state index is 0.0601. The van der Waals surface area contributed by atoms with Crippen molar-refractivity contribution in [2.75, 3.05) is 4.90 Å². The number of rotatable bonds is 5. The van der Waals surface area contributed by atoms with E-state index in [0.717, 1.165) is 16.0 Å². The molecule has 0 aliphatic carbocycles. The molecular formula is C27H18N4O7. The van der Waals surface area contributed by atoms with E-state index in [4.69, 9.17) is 0 Å². The number of carbonyl (C=O) groups is 3. The summed E-state index contributed by atoms with van der Waals surface area (Å²) in [6.07, 6.45) is 3.51. The number of nitro benzene ring substituents is 2. The van der Waals surface area contributed by atoms with Gasteiger partial charge in [0.25, 0.3) is 11.4 Å². The molecule has 3 aliphatic heterocycles. The van der Waals surface area contributed by atoms with E-state index < -0.39 is 51.4 Å². The summed E-state index contributed by atoms with van der Waals surface area (Å²) in [5.41, 5.74) is 1.42. The molecule has 11 nitrogen and oxygen atoms in total. The molecule has 11 heteroatoms. The highest BCUT2D eigenvalue weighted by atomic mass is 16.6. The molecule has 0 radical (unpaired) electrons. The quantitative estimate of drug-likeness (QED) is 0.218. The Hall–Kier alpha value is -5.19. The van der Waals surface area contributed by atoms with Crippen LogP contribution in [0, 0.1) is 32.1 Å². The normalized spacial score (nSPS) is 23.2. The maximum atomic E-state index is 13.9. The number of anilines is 1. The minimum atomic E-state index is -1.09. The number of fused-ring (bicyclic) bond motifs is 5. The fraction of sp³-hybridized carbons (Fsp3) is 0.148. The second-order valence-corrected chi connectivity index (χ2v) is 9.29. The number of imide groups is 1. The molecule has 0 saturated carbocycles. The Morgan fingerprint density at radius 1 is 0.789 bits per heavy atom. The van der Waals surface area contributed by atoms with Crippen LogP contribution in [0.1, 0.15) is 27.5 Å². The smallest absolute Gasteiger partial charge is 0.270 e. The van der Waals surface area contributed by atoms with Crippen molar-refractivity contribution in [3.8, 4) is 0 Å². The number of carbonyl (C=O) groups excluding carboxylic acids is 3. The molecule has 0 N–H and O–H groups in total. The highest BCUT2D eigenvalue weighted by molar-refractivity contribution is 6.24. The average molecular weight is 510 g/mol. The molecule has 3 aliphatic rings. The van der Waals surface area contributed by atoms with E-state index >= 15 is 0 Å². The zero-order valence-corrected chi connectivity index (χ0v) is 19.5. The van der Waals surface area contributed by atoms with Crippen molar-refractivity contribution in [2.45, 2.75) is 12.1 Å². The lowest BCUT2D eigenvalue weighted by Crippen LogP contribution is -2.44. The topological polar surface area (TPSA) is 144 Å². The molecule has 3 heterocycles. The Kier molecular flexibility index (Phi) is 5.16. The lowest BCUT2D eigenvalue weighted by atomic mass is 9.83. The van der Waals surface area contributed by atoms with Crippen molar-refractivity contribution in [2.24, 2.45) is 11.8 Å². The molecule has 4 atom stereocenters. The zero-order valence-electron chi connectivity index (χ0n) is 19.5. The second-order valence-electron chi connectivity index (χ2n) is 9.29. The average Bonchev–Trinajstić information content (AvgIpc) is 3.40.